The highest BCUT2D eigenvalue weighted by atomic mass is 16.5. The van der Waals surface area contributed by atoms with Crippen molar-refractivity contribution in [2.45, 2.75) is 33.1 Å². The highest BCUT2D eigenvalue weighted by molar-refractivity contribution is 5.73. The fraction of sp³-hybridized carbons (Fsp3) is 0.312. The Hall–Kier alpha value is -1.83. The lowest BCUT2D eigenvalue weighted by atomic mass is 10.1. The largest absolute Gasteiger partial charge is 0.431 e. The second-order valence-corrected chi connectivity index (χ2v) is 4.20. The first-order valence-corrected chi connectivity index (χ1v) is 6.26. The summed E-state index contributed by atoms with van der Waals surface area (Å²) in [7, 11) is 0. The van der Waals surface area contributed by atoms with Gasteiger partial charge in [0.05, 0.1) is 0 Å². The van der Waals surface area contributed by atoms with E-state index in [0.717, 1.165) is 30.4 Å². The normalized spacial score (nSPS) is 11.1. The van der Waals surface area contributed by atoms with Gasteiger partial charge >= 0.3 is 5.97 Å². The lowest BCUT2D eigenvalue weighted by Gasteiger charge is -2.08. The third-order valence-electron chi connectivity index (χ3n) is 2.53. The molecule has 0 bridgehead atoms. The van der Waals surface area contributed by atoms with Crippen molar-refractivity contribution in [3.05, 3.63) is 54.3 Å². The molecule has 18 heavy (non-hydrogen) atoms. The molecule has 0 atom stereocenters. The molecule has 0 amide bonds. The molecule has 0 radical (unpaired) electrons. The van der Waals surface area contributed by atoms with Crippen LogP contribution in [0.2, 0.25) is 0 Å². The smallest absolute Gasteiger partial charge is 0.307 e. The Morgan fingerprint density at radius 2 is 2.00 bits per heavy atom. The van der Waals surface area contributed by atoms with Crippen LogP contribution in [0.3, 0.4) is 0 Å². The van der Waals surface area contributed by atoms with E-state index in [1.165, 1.54) is 6.92 Å². The Morgan fingerprint density at radius 1 is 1.33 bits per heavy atom. The minimum atomic E-state index is -0.279. The van der Waals surface area contributed by atoms with Gasteiger partial charge in [-0.2, -0.15) is 0 Å². The van der Waals surface area contributed by atoms with Gasteiger partial charge < -0.3 is 4.74 Å². The van der Waals surface area contributed by atoms with E-state index < -0.39 is 0 Å². The standard InChI is InChI=1S/C16H20O2/c1-4-5-11-16(18-14(3)17)12-13(2)15-9-7-6-8-10-15/h6-10,12H,2,4-5,11H2,1,3H3/b16-12-. The summed E-state index contributed by atoms with van der Waals surface area (Å²) >= 11 is 0. The molecule has 0 N–H and O–H groups in total. The highest BCUT2D eigenvalue weighted by Crippen LogP contribution is 2.18. The van der Waals surface area contributed by atoms with Gasteiger partial charge in [0.2, 0.25) is 0 Å². The number of benzene rings is 1. The van der Waals surface area contributed by atoms with Crippen LogP contribution < -0.4 is 0 Å². The van der Waals surface area contributed by atoms with E-state index in [9.17, 15) is 4.79 Å². The van der Waals surface area contributed by atoms with Crippen LogP contribution in [0.5, 0.6) is 0 Å². The highest BCUT2D eigenvalue weighted by Gasteiger charge is 2.04. The zero-order valence-corrected chi connectivity index (χ0v) is 11.1. The van der Waals surface area contributed by atoms with Crippen LogP contribution in [0.4, 0.5) is 0 Å². The number of carbonyl (C=O) groups is 1. The van der Waals surface area contributed by atoms with Crippen molar-refractivity contribution in [1.29, 1.82) is 0 Å². The molecule has 0 fully saturated rings. The van der Waals surface area contributed by atoms with Crippen molar-refractivity contribution in [2.24, 2.45) is 0 Å². The van der Waals surface area contributed by atoms with E-state index in [-0.39, 0.29) is 5.97 Å². The third-order valence-corrected chi connectivity index (χ3v) is 2.53. The van der Waals surface area contributed by atoms with E-state index in [1.54, 1.807) is 0 Å². The predicted octanol–water partition coefficient (Wildman–Crippen LogP) is 4.34. The summed E-state index contributed by atoms with van der Waals surface area (Å²) in [6.45, 7) is 7.54. The van der Waals surface area contributed by atoms with Gasteiger partial charge in [0.25, 0.3) is 0 Å². The zero-order chi connectivity index (χ0) is 13.4. The van der Waals surface area contributed by atoms with E-state index in [4.69, 9.17) is 4.74 Å². The van der Waals surface area contributed by atoms with E-state index >= 15 is 0 Å². The monoisotopic (exact) mass is 244 g/mol. The van der Waals surface area contributed by atoms with Crippen LogP contribution in [0.25, 0.3) is 5.57 Å². The molecule has 0 saturated heterocycles. The summed E-state index contributed by atoms with van der Waals surface area (Å²) in [6, 6.07) is 9.87. The third kappa shape index (κ3) is 5.00. The summed E-state index contributed by atoms with van der Waals surface area (Å²) < 4.78 is 5.21. The van der Waals surface area contributed by atoms with Crippen LogP contribution in [0, 0.1) is 0 Å². The molecule has 1 aromatic rings. The molecular weight excluding hydrogens is 224 g/mol. The summed E-state index contributed by atoms with van der Waals surface area (Å²) in [4.78, 5) is 11.0. The molecule has 0 saturated carbocycles. The Labute approximate surface area is 109 Å². The fourth-order valence-electron chi connectivity index (χ4n) is 1.62. The molecule has 1 rings (SSSR count). The van der Waals surface area contributed by atoms with Crippen molar-refractivity contribution < 1.29 is 9.53 Å². The Morgan fingerprint density at radius 3 is 2.56 bits per heavy atom. The molecule has 0 aromatic heterocycles. The summed E-state index contributed by atoms with van der Waals surface area (Å²) in [5.41, 5.74) is 1.90. The maximum absolute atomic E-state index is 11.0. The minimum absolute atomic E-state index is 0.279. The summed E-state index contributed by atoms with van der Waals surface area (Å²) in [5, 5.41) is 0. The van der Waals surface area contributed by atoms with Gasteiger partial charge in [-0.25, -0.2) is 0 Å². The van der Waals surface area contributed by atoms with Gasteiger partial charge in [0.15, 0.2) is 0 Å². The van der Waals surface area contributed by atoms with Crippen LogP contribution >= 0.6 is 0 Å². The molecule has 0 heterocycles. The van der Waals surface area contributed by atoms with Crippen molar-refractivity contribution in [3.8, 4) is 0 Å². The number of hydrogen-bond acceptors (Lipinski definition) is 2. The number of carbonyl (C=O) groups excluding carboxylic acids is 1. The van der Waals surface area contributed by atoms with Gasteiger partial charge in [-0.3, -0.25) is 4.79 Å². The van der Waals surface area contributed by atoms with Crippen molar-refractivity contribution in [3.63, 3.8) is 0 Å². The lowest BCUT2D eigenvalue weighted by molar-refractivity contribution is -0.137. The number of unbranched alkanes of at least 4 members (excludes halogenated alkanes) is 1. The van der Waals surface area contributed by atoms with E-state index in [2.05, 4.69) is 13.5 Å². The summed E-state index contributed by atoms with van der Waals surface area (Å²) in [6.07, 6.45) is 4.69. The molecule has 0 aliphatic rings. The number of rotatable bonds is 6. The Kier molecular flexibility index (Phi) is 5.92. The van der Waals surface area contributed by atoms with Crippen molar-refractivity contribution >= 4 is 11.5 Å². The molecule has 1 aromatic carbocycles. The second kappa shape index (κ2) is 7.49. The van der Waals surface area contributed by atoms with Gasteiger partial charge in [0.1, 0.15) is 5.76 Å². The van der Waals surface area contributed by atoms with Gasteiger partial charge in [0, 0.05) is 13.3 Å². The number of allylic oxidation sites excluding steroid dienone is 3. The maximum Gasteiger partial charge on any atom is 0.307 e. The van der Waals surface area contributed by atoms with Crippen molar-refractivity contribution in [1.82, 2.24) is 0 Å². The molecule has 0 aliphatic heterocycles. The quantitative estimate of drug-likeness (QED) is 0.423. The Balaban J connectivity index is 2.80. The first-order chi connectivity index (χ1) is 8.63. The van der Waals surface area contributed by atoms with Gasteiger partial charge in [-0.15, -0.1) is 0 Å². The molecular formula is C16H20O2. The first kappa shape index (κ1) is 14.2. The zero-order valence-electron chi connectivity index (χ0n) is 11.1. The molecule has 0 unspecified atom stereocenters. The van der Waals surface area contributed by atoms with Crippen molar-refractivity contribution in [2.75, 3.05) is 0 Å². The molecule has 2 nitrogen and oxygen atoms in total. The Bertz CT molecular complexity index is 430. The molecule has 0 aliphatic carbocycles. The lowest BCUT2D eigenvalue weighted by Crippen LogP contribution is -1.99. The molecule has 96 valence electrons. The number of hydrogen-bond donors (Lipinski definition) is 0. The van der Waals surface area contributed by atoms with Crippen LogP contribution in [0.15, 0.2) is 48.7 Å². The molecule has 2 heteroatoms. The fourth-order valence-corrected chi connectivity index (χ4v) is 1.62. The first-order valence-electron chi connectivity index (χ1n) is 6.26. The van der Waals surface area contributed by atoms with E-state index in [0.29, 0.717) is 5.76 Å². The number of esters is 1. The average Bonchev–Trinajstić information content (AvgIpc) is 2.36. The van der Waals surface area contributed by atoms with Crippen LogP contribution in [0.1, 0.15) is 38.7 Å². The number of ether oxygens (including phenoxy) is 1. The van der Waals surface area contributed by atoms with Crippen LogP contribution in [-0.4, -0.2) is 5.97 Å². The van der Waals surface area contributed by atoms with Gasteiger partial charge in [-0.1, -0.05) is 50.3 Å². The SMILES string of the molecule is C=C(/C=C(/CCCC)OC(C)=O)c1ccccc1. The topological polar surface area (TPSA) is 26.3 Å². The van der Waals surface area contributed by atoms with Crippen LogP contribution in [-0.2, 0) is 9.53 Å². The summed E-state index contributed by atoms with van der Waals surface area (Å²) in [5.74, 6) is 0.413. The second-order valence-electron chi connectivity index (χ2n) is 4.20. The maximum atomic E-state index is 11.0. The predicted molar refractivity (Wildman–Crippen MR) is 74.9 cm³/mol. The minimum Gasteiger partial charge on any atom is -0.431 e. The average molecular weight is 244 g/mol. The molecule has 0 spiro atoms. The van der Waals surface area contributed by atoms with E-state index in [1.807, 2.05) is 36.4 Å². The van der Waals surface area contributed by atoms with Gasteiger partial charge in [-0.05, 0) is 23.6 Å².